The highest BCUT2D eigenvalue weighted by Crippen LogP contribution is 2.25. The lowest BCUT2D eigenvalue weighted by atomic mass is 9.96. The minimum atomic E-state index is -3.62. The number of sulfonamides is 1. The Balaban J connectivity index is 1.25. The lowest BCUT2D eigenvalue weighted by molar-refractivity contribution is -0.138. The van der Waals surface area contributed by atoms with E-state index < -0.39 is 10.0 Å². The maximum Gasteiger partial charge on any atom is 0.262 e. The molecule has 1 amide bonds. The molecule has 0 spiro atoms. The molecule has 0 unspecified atom stereocenters. The third-order valence-corrected chi connectivity index (χ3v) is 8.59. The van der Waals surface area contributed by atoms with Crippen LogP contribution in [0.25, 0.3) is 0 Å². The standard InChI is InChI=1S/C24H35N5O4S/c1-4-33-22-7-5-20(6-8-22)17-27-13-15-28(16-14-27)24(30)21-9-11-29(12-10-21)34(31,32)23-18-26(3)19(2)25-23/h5-8,18,21H,4,9-17H2,1-3H3. The van der Waals surface area contributed by atoms with Crippen LogP contribution >= 0.6 is 0 Å². The number of hydrogen-bond acceptors (Lipinski definition) is 6. The second kappa shape index (κ2) is 10.5. The molecule has 10 heteroatoms. The lowest BCUT2D eigenvalue weighted by Gasteiger charge is -2.38. The first-order valence-corrected chi connectivity index (χ1v) is 13.4. The summed E-state index contributed by atoms with van der Waals surface area (Å²) in [4.78, 5) is 21.6. The largest absolute Gasteiger partial charge is 0.494 e. The molecule has 2 aromatic rings. The molecule has 2 aliphatic heterocycles. The van der Waals surface area contributed by atoms with Crippen LogP contribution in [0.4, 0.5) is 0 Å². The molecule has 0 N–H and O–H groups in total. The minimum Gasteiger partial charge on any atom is -0.494 e. The van der Waals surface area contributed by atoms with Crippen molar-refractivity contribution in [3.63, 3.8) is 0 Å². The van der Waals surface area contributed by atoms with Gasteiger partial charge in [0, 0.05) is 65.0 Å². The van der Waals surface area contributed by atoms with Crippen molar-refractivity contribution in [2.75, 3.05) is 45.9 Å². The van der Waals surface area contributed by atoms with E-state index in [2.05, 4.69) is 22.0 Å². The van der Waals surface area contributed by atoms with Gasteiger partial charge in [0.1, 0.15) is 11.6 Å². The Morgan fingerprint density at radius 1 is 1.06 bits per heavy atom. The van der Waals surface area contributed by atoms with Gasteiger partial charge in [-0.15, -0.1) is 0 Å². The summed E-state index contributed by atoms with van der Waals surface area (Å²) in [5.74, 6) is 1.59. The summed E-state index contributed by atoms with van der Waals surface area (Å²) in [5, 5.41) is 0.0842. The number of carbonyl (C=O) groups is 1. The Morgan fingerprint density at radius 3 is 2.26 bits per heavy atom. The van der Waals surface area contributed by atoms with Gasteiger partial charge in [0.2, 0.25) is 5.91 Å². The highest BCUT2D eigenvalue weighted by Gasteiger charge is 2.35. The van der Waals surface area contributed by atoms with Crippen LogP contribution in [0, 0.1) is 12.8 Å². The fraction of sp³-hybridized carbons (Fsp3) is 0.583. The van der Waals surface area contributed by atoms with Crippen molar-refractivity contribution >= 4 is 15.9 Å². The van der Waals surface area contributed by atoms with E-state index >= 15 is 0 Å². The summed E-state index contributed by atoms with van der Waals surface area (Å²) in [6, 6.07) is 8.19. The van der Waals surface area contributed by atoms with Crippen molar-refractivity contribution < 1.29 is 17.9 Å². The zero-order valence-corrected chi connectivity index (χ0v) is 21.1. The van der Waals surface area contributed by atoms with Gasteiger partial charge in [-0.2, -0.15) is 4.31 Å². The Hall–Kier alpha value is -2.43. The van der Waals surface area contributed by atoms with Gasteiger partial charge in [-0.3, -0.25) is 9.69 Å². The van der Waals surface area contributed by atoms with E-state index in [1.165, 1.54) is 9.87 Å². The molecule has 2 saturated heterocycles. The fourth-order valence-corrected chi connectivity index (χ4v) is 6.12. The van der Waals surface area contributed by atoms with E-state index in [-0.39, 0.29) is 16.9 Å². The van der Waals surface area contributed by atoms with Gasteiger partial charge in [-0.05, 0) is 44.4 Å². The summed E-state index contributed by atoms with van der Waals surface area (Å²) in [5.41, 5.74) is 1.24. The van der Waals surface area contributed by atoms with Crippen molar-refractivity contribution in [2.45, 2.75) is 38.3 Å². The average molecular weight is 490 g/mol. The van der Waals surface area contributed by atoms with Crippen molar-refractivity contribution in [1.29, 1.82) is 0 Å². The predicted molar refractivity (Wildman–Crippen MR) is 129 cm³/mol. The molecule has 1 aromatic carbocycles. The van der Waals surface area contributed by atoms with Crippen LogP contribution < -0.4 is 4.74 Å². The summed E-state index contributed by atoms with van der Waals surface area (Å²) in [6.45, 7) is 9.08. The monoisotopic (exact) mass is 489 g/mol. The molecule has 9 nitrogen and oxygen atoms in total. The van der Waals surface area contributed by atoms with Crippen LogP contribution in [0.3, 0.4) is 0 Å². The number of imidazole rings is 1. The molecule has 186 valence electrons. The number of nitrogens with zero attached hydrogens (tertiary/aromatic N) is 5. The van der Waals surface area contributed by atoms with E-state index in [9.17, 15) is 13.2 Å². The SMILES string of the molecule is CCOc1ccc(CN2CCN(C(=O)C3CCN(S(=O)(=O)c4cn(C)c(C)n4)CC3)CC2)cc1. The van der Waals surface area contributed by atoms with Gasteiger partial charge in [0.15, 0.2) is 5.03 Å². The van der Waals surface area contributed by atoms with Crippen LogP contribution in [0.15, 0.2) is 35.5 Å². The van der Waals surface area contributed by atoms with Crippen LogP contribution in [0.2, 0.25) is 0 Å². The normalized spacial score (nSPS) is 18.9. The predicted octanol–water partition coefficient (Wildman–Crippen LogP) is 1.87. The molecule has 0 bridgehead atoms. The minimum absolute atomic E-state index is 0.0842. The first kappa shape index (κ1) is 24.7. The second-order valence-corrected chi connectivity index (χ2v) is 11.0. The molecule has 3 heterocycles. The molecule has 4 rings (SSSR count). The van der Waals surface area contributed by atoms with Gasteiger partial charge < -0.3 is 14.2 Å². The number of ether oxygens (including phenoxy) is 1. The van der Waals surface area contributed by atoms with Crippen LogP contribution in [0.5, 0.6) is 5.75 Å². The van der Waals surface area contributed by atoms with E-state index in [4.69, 9.17) is 4.74 Å². The molecule has 2 aliphatic rings. The van der Waals surface area contributed by atoms with Crippen LogP contribution in [-0.4, -0.2) is 83.9 Å². The van der Waals surface area contributed by atoms with Gasteiger partial charge >= 0.3 is 0 Å². The van der Waals surface area contributed by atoms with Gasteiger partial charge in [0.25, 0.3) is 10.0 Å². The summed E-state index contributed by atoms with van der Waals surface area (Å²) in [7, 11) is -1.84. The number of aryl methyl sites for hydroxylation is 2. The molecule has 34 heavy (non-hydrogen) atoms. The molecule has 0 saturated carbocycles. The lowest BCUT2D eigenvalue weighted by Crippen LogP contribution is -2.51. The Labute approximate surface area is 202 Å². The van der Waals surface area contributed by atoms with Crippen molar-refractivity contribution in [3.05, 3.63) is 41.9 Å². The summed E-state index contributed by atoms with van der Waals surface area (Å²) >= 11 is 0. The molecular weight excluding hydrogens is 454 g/mol. The number of benzene rings is 1. The van der Waals surface area contributed by atoms with E-state index in [0.717, 1.165) is 25.4 Å². The number of piperidine rings is 1. The molecule has 1 aromatic heterocycles. The Kier molecular flexibility index (Phi) is 7.59. The maximum absolute atomic E-state index is 13.1. The molecule has 0 atom stereocenters. The van der Waals surface area contributed by atoms with E-state index in [1.807, 2.05) is 24.0 Å². The molecule has 0 radical (unpaired) electrons. The fourth-order valence-electron chi connectivity index (χ4n) is 4.63. The summed E-state index contributed by atoms with van der Waals surface area (Å²) < 4.78 is 34.5. The molecular formula is C24H35N5O4S. The Bertz CT molecular complexity index is 1060. The number of amides is 1. The highest BCUT2D eigenvalue weighted by atomic mass is 32.2. The van der Waals surface area contributed by atoms with Crippen molar-refractivity contribution in [1.82, 2.24) is 23.7 Å². The third kappa shape index (κ3) is 5.45. The number of hydrogen-bond donors (Lipinski definition) is 0. The van der Waals surface area contributed by atoms with Crippen LogP contribution in [-0.2, 0) is 28.4 Å². The number of rotatable bonds is 7. The molecule has 2 fully saturated rings. The van der Waals surface area contributed by atoms with Gasteiger partial charge in [0.05, 0.1) is 6.61 Å². The zero-order chi connectivity index (χ0) is 24.3. The maximum atomic E-state index is 13.1. The van der Waals surface area contributed by atoms with E-state index in [1.54, 1.807) is 24.7 Å². The van der Waals surface area contributed by atoms with E-state index in [0.29, 0.717) is 51.5 Å². The number of carbonyl (C=O) groups excluding carboxylic acids is 1. The van der Waals surface area contributed by atoms with Crippen molar-refractivity contribution in [2.24, 2.45) is 13.0 Å². The smallest absolute Gasteiger partial charge is 0.262 e. The van der Waals surface area contributed by atoms with Crippen molar-refractivity contribution in [3.8, 4) is 5.75 Å². The first-order chi connectivity index (χ1) is 16.3. The zero-order valence-electron chi connectivity index (χ0n) is 20.3. The van der Waals surface area contributed by atoms with Crippen LogP contribution in [0.1, 0.15) is 31.2 Å². The Morgan fingerprint density at radius 2 is 1.71 bits per heavy atom. The second-order valence-electron chi connectivity index (χ2n) is 9.09. The third-order valence-electron chi connectivity index (χ3n) is 6.82. The average Bonchev–Trinajstić information content (AvgIpc) is 3.19. The summed E-state index contributed by atoms with van der Waals surface area (Å²) in [6.07, 6.45) is 2.65. The topological polar surface area (TPSA) is 88.0 Å². The number of piperazine rings is 1. The quantitative estimate of drug-likeness (QED) is 0.590. The highest BCUT2D eigenvalue weighted by molar-refractivity contribution is 7.89. The molecule has 0 aliphatic carbocycles. The van der Waals surface area contributed by atoms with Gasteiger partial charge in [-0.25, -0.2) is 13.4 Å². The van der Waals surface area contributed by atoms with Gasteiger partial charge in [-0.1, -0.05) is 12.1 Å². The first-order valence-electron chi connectivity index (χ1n) is 12.0. The number of aromatic nitrogens is 2.